The predicted octanol–water partition coefficient (Wildman–Crippen LogP) is 21.6. The molecular formula is C70H116O6. The predicted molar refractivity (Wildman–Crippen MR) is 330 cm³/mol. The number of unbranched alkanes of at least 4 members (excludes halogenated alkanes) is 25. The van der Waals surface area contributed by atoms with E-state index in [0.717, 1.165) is 116 Å². The van der Waals surface area contributed by atoms with Crippen molar-refractivity contribution in [1.82, 2.24) is 0 Å². The summed E-state index contributed by atoms with van der Waals surface area (Å²) in [5, 5.41) is 0. The van der Waals surface area contributed by atoms with Crippen LogP contribution in [0, 0.1) is 0 Å². The normalized spacial score (nSPS) is 12.9. The summed E-state index contributed by atoms with van der Waals surface area (Å²) in [6, 6.07) is 0. The minimum atomic E-state index is -0.797. The van der Waals surface area contributed by atoms with Gasteiger partial charge in [0, 0.05) is 19.3 Å². The van der Waals surface area contributed by atoms with E-state index >= 15 is 0 Å². The van der Waals surface area contributed by atoms with Crippen molar-refractivity contribution in [2.45, 2.75) is 290 Å². The van der Waals surface area contributed by atoms with Crippen LogP contribution in [-0.2, 0) is 28.6 Å². The Hall–Kier alpha value is -4.19. The molecule has 76 heavy (non-hydrogen) atoms. The summed E-state index contributed by atoms with van der Waals surface area (Å²) in [5.74, 6) is -0.948. The highest BCUT2D eigenvalue weighted by molar-refractivity contribution is 5.71. The zero-order valence-corrected chi connectivity index (χ0v) is 49.5. The van der Waals surface area contributed by atoms with Crippen LogP contribution in [-0.4, -0.2) is 37.2 Å². The summed E-state index contributed by atoms with van der Waals surface area (Å²) >= 11 is 0. The molecule has 0 aromatic heterocycles. The van der Waals surface area contributed by atoms with Gasteiger partial charge in [-0.25, -0.2) is 0 Å². The standard InChI is InChI=1S/C70H116O6/c1-4-7-10-13-16-18-20-22-24-26-28-30-32-34-35-37-38-40-42-44-46-48-50-52-54-57-60-63-69(72)75-66-67(65-74-68(71)62-59-56-15-12-9-6-3)76-70(73)64-61-58-55-53-51-49-47-45-43-41-39-36-33-31-29-27-25-23-21-19-17-14-11-8-5-2/h7,10,16,18,21-24,27-30,34-35,38,40,44,46,50,52,67H,4-6,8-9,11-15,17,19-20,25-26,31-33,36-37,39,41-43,45,47-49,51,53-66H2,1-3H3/b10-7-,18-16-,23-21-,24-22-,29-27-,30-28-,35-34-,40-38-,46-44-,52-50-. The van der Waals surface area contributed by atoms with Crippen molar-refractivity contribution in [3.8, 4) is 0 Å². The molecule has 0 radical (unpaired) electrons. The first kappa shape index (κ1) is 71.8. The first-order chi connectivity index (χ1) is 37.5. The van der Waals surface area contributed by atoms with Crippen LogP contribution in [0.1, 0.15) is 284 Å². The highest BCUT2D eigenvalue weighted by Gasteiger charge is 2.19. The van der Waals surface area contributed by atoms with Gasteiger partial charge in [0.1, 0.15) is 13.2 Å². The SMILES string of the molecule is CC/C=C\C/C=C\C/C=C\C/C=C\C/C=C\C/C=C\C/C=C\C/C=C\CCCCC(=O)OCC(COC(=O)CCCCCCCC)OC(=O)CCCCCCCCCCCCCCC/C=C\C/C=C\CCCCCCC. The van der Waals surface area contributed by atoms with Crippen molar-refractivity contribution in [3.05, 3.63) is 122 Å². The largest absolute Gasteiger partial charge is 0.462 e. The molecule has 0 aliphatic heterocycles. The topological polar surface area (TPSA) is 78.9 Å². The third kappa shape index (κ3) is 60.7. The number of esters is 3. The summed E-state index contributed by atoms with van der Waals surface area (Å²) in [5.41, 5.74) is 0. The molecule has 0 aromatic rings. The first-order valence-corrected chi connectivity index (χ1v) is 31.5. The molecule has 0 saturated heterocycles. The van der Waals surface area contributed by atoms with Gasteiger partial charge in [0.2, 0.25) is 0 Å². The van der Waals surface area contributed by atoms with E-state index < -0.39 is 6.10 Å². The van der Waals surface area contributed by atoms with E-state index in [2.05, 4.69) is 142 Å². The number of hydrogen-bond acceptors (Lipinski definition) is 6. The Balaban J connectivity index is 4.21. The van der Waals surface area contributed by atoms with Gasteiger partial charge >= 0.3 is 17.9 Å². The van der Waals surface area contributed by atoms with Crippen LogP contribution in [0.5, 0.6) is 0 Å². The lowest BCUT2D eigenvalue weighted by Crippen LogP contribution is -2.30. The Morgan fingerprint density at radius 2 is 0.513 bits per heavy atom. The molecule has 0 fully saturated rings. The van der Waals surface area contributed by atoms with Gasteiger partial charge < -0.3 is 14.2 Å². The Morgan fingerprint density at radius 1 is 0.276 bits per heavy atom. The lowest BCUT2D eigenvalue weighted by Gasteiger charge is -2.18. The second-order valence-corrected chi connectivity index (χ2v) is 20.6. The quantitative estimate of drug-likeness (QED) is 0.0261. The summed E-state index contributed by atoms with van der Waals surface area (Å²) < 4.78 is 16.8. The fourth-order valence-electron chi connectivity index (χ4n) is 8.49. The molecule has 0 rings (SSSR count). The fourth-order valence-corrected chi connectivity index (χ4v) is 8.49. The monoisotopic (exact) mass is 1050 g/mol. The van der Waals surface area contributed by atoms with Crippen LogP contribution in [0.15, 0.2) is 122 Å². The van der Waals surface area contributed by atoms with Crippen molar-refractivity contribution in [2.24, 2.45) is 0 Å². The summed E-state index contributed by atoms with van der Waals surface area (Å²) in [4.78, 5) is 38.0. The lowest BCUT2D eigenvalue weighted by atomic mass is 10.0. The van der Waals surface area contributed by atoms with Crippen LogP contribution >= 0.6 is 0 Å². The summed E-state index contributed by atoms with van der Waals surface area (Å²) in [6.07, 6.45) is 88.1. The maximum atomic E-state index is 12.8. The van der Waals surface area contributed by atoms with Crippen molar-refractivity contribution in [1.29, 1.82) is 0 Å². The molecule has 0 amide bonds. The molecule has 0 spiro atoms. The number of rotatable bonds is 56. The van der Waals surface area contributed by atoms with Crippen molar-refractivity contribution in [2.75, 3.05) is 13.2 Å². The lowest BCUT2D eigenvalue weighted by molar-refractivity contribution is -0.167. The first-order valence-electron chi connectivity index (χ1n) is 31.5. The Bertz CT molecular complexity index is 1590. The van der Waals surface area contributed by atoms with Gasteiger partial charge in [-0.1, -0.05) is 271 Å². The maximum Gasteiger partial charge on any atom is 0.306 e. The molecular weight excluding hydrogens is 937 g/mol. The van der Waals surface area contributed by atoms with E-state index in [1.807, 2.05) is 0 Å². The molecule has 6 nitrogen and oxygen atoms in total. The van der Waals surface area contributed by atoms with Gasteiger partial charge in [0.15, 0.2) is 6.10 Å². The minimum absolute atomic E-state index is 0.0937. The maximum absolute atomic E-state index is 12.8. The molecule has 0 saturated carbocycles. The molecule has 6 heteroatoms. The zero-order valence-electron chi connectivity index (χ0n) is 49.5. The van der Waals surface area contributed by atoms with E-state index in [1.165, 1.54) is 128 Å². The van der Waals surface area contributed by atoms with E-state index in [1.54, 1.807) is 0 Å². The van der Waals surface area contributed by atoms with Crippen LogP contribution < -0.4 is 0 Å². The average molecular weight is 1050 g/mol. The molecule has 0 heterocycles. The number of carbonyl (C=O) groups excluding carboxylic acids is 3. The van der Waals surface area contributed by atoms with E-state index in [0.29, 0.717) is 19.3 Å². The molecule has 432 valence electrons. The molecule has 0 N–H and O–H groups in total. The van der Waals surface area contributed by atoms with Gasteiger partial charge in [-0.15, -0.1) is 0 Å². The molecule has 0 aromatic carbocycles. The molecule has 0 bridgehead atoms. The summed E-state index contributed by atoms with van der Waals surface area (Å²) in [7, 11) is 0. The highest BCUT2D eigenvalue weighted by atomic mass is 16.6. The Labute approximate surface area is 469 Å². The minimum Gasteiger partial charge on any atom is -0.462 e. The molecule has 1 unspecified atom stereocenters. The van der Waals surface area contributed by atoms with Gasteiger partial charge in [-0.2, -0.15) is 0 Å². The third-order valence-electron chi connectivity index (χ3n) is 13.2. The zero-order chi connectivity index (χ0) is 55.0. The second kappa shape index (κ2) is 63.3. The van der Waals surface area contributed by atoms with Crippen LogP contribution in [0.25, 0.3) is 0 Å². The molecule has 0 aliphatic rings. The van der Waals surface area contributed by atoms with Crippen molar-refractivity contribution < 1.29 is 28.6 Å². The molecule has 1 atom stereocenters. The van der Waals surface area contributed by atoms with Crippen molar-refractivity contribution in [3.63, 3.8) is 0 Å². The van der Waals surface area contributed by atoms with Crippen LogP contribution in [0.4, 0.5) is 0 Å². The van der Waals surface area contributed by atoms with E-state index in [-0.39, 0.29) is 31.1 Å². The van der Waals surface area contributed by atoms with Crippen LogP contribution in [0.2, 0.25) is 0 Å². The van der Waals surface area contributed by atoms with Crippen LogP contribution in [0.3, 0.4) is 0 Å². The van der Waals surface area contributed by atoms with Gasteiger partial charge in [0.05, 0.1) is 0 Å². The van der Waals surface area contributed by atoms with Gasteiger partial charge in [-0.3, -0.25) is 14.4 Å². The molecule has 0 aliphatic carbocycles. The van der Waals surface area contributed by atoms with Gasteiger partial charge in [-0.05, 0) is 116 Å². The van der Waals surface area contributed by atoms with Crippen molar-refractivity contribution >= 4 is 17.9 Å². The second-order valence-electron chi connectivity index (χ2n) is 20.6. The number of allylic oxidation sites excluding steroid dienone is 20. The van der Waals surface area contributed by atoms with Gasteiger partial charge in [0.25, 0.3) is 0 Å². The highest BCUT2D eigenvalue weighted by Crippen LogP contribution is 2.15. The number of ether oxygens (including phenoxy) is 3. The number of carbonyl (C=O) groups is 3. The Kier molecular flexibility index (Phi) is 59.9. The fraction of sp³-hybridized carbons (Fsp3) is 0.671. The Morgan fingerprint density at radius 3 is 0.829 bits per heavy atom. The summed E-state index contributed by atoms with van der Waals surface area (Å²) in [6.45, 7) is 6.43. The van der Waals surface area contributed by atoms with E-state index in [9.17, 15) is 14.4 Å². The van der Waals surface area contributed by atoms with E-state index in [4.69, 9.17) is 14.2 Å². The number of hydrogen-bond donors (Lipinski definition) is 0. The third-order valence-corrected chi connectivity index (χ3v) is 13.2. The average Bonchev–Trinajstić information content (AvgIpc) is 3.42. The smallest absolute Gasteiger partial charge is 0.306 e.